The second kappa shape index (κ2) is 12.2. The third kappa shape index (κ3) is 6.21. The molecule has 0 saturated carbocycles. The van der Waals surface area contributed by atoms with Gasteiger partial charge in [0.2, 0.25) is 0 Å². The van der Waals surface area contributed by atoms with Crippen molar-refractivity contribution >= 4 is 29.1 Å². The molecule has 1 atom stereocenters. The second-order valence-corrected chi connectivity index (χ2v) is 10.0. The lowest BCUT2D eigenvalue weighted by atomic mass is 9.36. The molecule has 0 spiro atoms. The molecule has 4 rings (SSSR count). The summed E-state index contributed by atoms with van der Waals surface area (Å²) in [5.41, 5.74) is 12.4. The molecule has 0 aliphatic carbocycles. The number of benzene rings is 2. The Morgan fingerprint density at radius 2 is 1.83 bits per heavy atom. The fourth-order valence-electron chi connectivity index (χ4n) is 4.87. The van der Waals surface area contributed by atoms with Crippen LogP contribution in [-0.4, -0.2) is 28.9 Å². The van der Waals surface area contributed by atoms with E-state index < -0.39 is 0 Å². The Balaban J connectivity index is 0.000000623. The van der Waals surface area contributed by atoms with Gasteiger partial charge in [0, 0.05) is 53.0 Å². The maximum Gasteiger partial charge on any atom is 0.171 e. The van der Waals surface area contributed by atoms with Crippen molar-refractivity contribution in [3.8, 4) is 0 Å². The van der Waals surface area contributed by atoms with Crippen LogP contribution in [0.15, 0.2) is 61.8 Å². The van der Waals surface area contributed by atoms with Gasteiger partial charge in [0.25, 0.3) is 0 Å². The Labute approximate surface area is 212 Å². The molecule has 5 heteroatoms. The van der Waals surface area contributed by atoms with Crippen molar-refractivity contribution in [3.05, 3.63) is 84.1 Å². The van der Waals surface area contributed by atoms with Gasteiger partial charge < -0.3 is 20.7 Å². The van der Waals surface area contributed by atoms with Crippen LogP contribution in [0.3, 0.4) is 0 Å². The summed E-state index contributed by atoms with van der Waals surface area (Å²) < 4.78 is 2.20. The summed E-state index contributed by atoms with van der Waals surface area (Å²) in [7, 11) is 0. The van der Waals surface area contributed by atoms with Crippen molar-refractivity contribution in [2.24, 2.45) is 11.7 Å². The molecule has 3 aromatic rings. The Morgan fingerprint density at radius 3 is 2.46 bits per heavy atom. The smallest absolute Gasteiger partial charge is 0.171 e. The highest BCUT2D eigenvalue weighted by atomic mass is 16.3. The van der Waals surface area contributed by atoms with Gasteiger partial charge in [0.05, 0.1) is 0 Å². The van der Waals surface area contributed by atoms with Crippen molar-refractivity contribution in [3.63, 3.8) is 0 Å². The Bertz CT molecular complexity index is 1160. The molecule has 2 aromatic carbocycles. The minimum Gasteiger partial charge on any atom is -0.508 e. The summed E-state index contributed by atoms with van der Waals surface area (Å²) in [5, 5.41) is 15.0. The molecular weight excluding hydrogens is 429 g/mol. The number of aliphatic hydroxyl groups is 1. The number of nitrogens with two attached hydrogens (primary N) is 1. The van der Waals surface area contributed by atoms with Gasteiger partial charge in [-0.25, -0.2) is 0 Å². The Hall–Kier alpha value is -2.92. The first kappa shape index (κ1) is 26.7. The highest BCUT2D eigenvalue weighted by Crippen LogP contribution is 2.30. The van der Waals surface area contributed by atoms with Gasteiger partial charge in [-0.05, 0) is 41.9 Å². The number of nitrogens with one attached hydrogen (secondary N) is 1. The van der Waals surface area contributed by atoms with Gasteiger partial charge in [0.15, 0.2) is 6.71 Å². The van der Waals surface area contributed by atoms with E-state index in [4.69, 9.17) is 5.73 Å². The average molecular weight is 471 g/mol. The van der Waals surface area contributed by atoms with E-state index in [9.17, 15) is 5.11 Å². The normalized spacial score (nSPS) is 14.9. The maximum atomic E-state index is 10.0. The first-order valence-corrected chi connectivity index (χ1v) is 13.0. The number of aliphatic hydroxyl groups excluding tert-OH is 1. The predicted molar refractivity (Wildman–Crippen MR) is 154 cm³/mol. The molecular formula is C30H42BN3O. The van der Waals surface area contributed by atoms with Gasteiger partial charge in [-0.3, -0.25) is 0 Å². The van der Waals surface area contributed by atoms with Crippen LogP contribution in [0.1, 0.15) is 56.4 Å². The molecule has 1 aliphatic heterocycles. The van der Waals surface area contributed by atoms with E-state index in [1.54, 1.807) is 0 Å². The van der Waals surface area contributed by atoms with Crippen LogP contribution >= 0.6 is 0 Å². The van der Waals surface area contributed by atoms with Crippen LogP contribution in [0.4, 0.5) is 0 Å². The van der Waals surface area contributed by atoms with Gasteiger partial charge in [0.1, 0.15) is 5.76 Å². The minimum absolute atomic E-state index is 0.159. The number of rotatable bonds is 8. The fraction of sp³-hybridized carbons (Fsp3) is 0.400. The third-order valence-electron chi connectivity index (χ3n) is 7.27. The van der Waals surface area contributed by atoms with Crippen LogP contribution < -0.4 is 11.1 Å². The molecule has 0 bridgehead atoms. The number of hydrogen-bond donors (Lipinski definition) is 3. The van der Waals surface area contributed by atoms with E-state index in [1.807, 2.05) is 12.1 Å². The van der Waals surface area contributed by atoms with Crippen LogP contribution in [0.5, 0.6) is 0 Å². The van der Waals surface area contributed by atoms with E-state index in [2.05, 4.69) is 87.3 Å². The molecule has 35 heavy (non-hydrogen) atoms. The first-order valence-electron chi connectivity index (χ1n) is 13.0. The van der Waals surface area contributed by atoms with E-state index in [0.29, 0.717) is 19.2 Å². The summed E-state index contributed by atoms with van der Waals surface area (Å²) >= 11 is 0. The monoisotopic (exact) mass is 471 g/mol. The number of fused-ring (bicyclic) bond motifs is 2. The summed E-state index contributed by atoms with van der Waals surface area (Å²) in [4.78, 5) is 0. The average Bonchev–Trinajstić information content (AvgIpc) is 3.26. The molecule has 0 saturated heterocycles. The van der Waals surface area contributed by atoms with E-state index in [0.717, 1.165) is 48.3 Å². The number of hydrogen-bond acceptors (Lipinski definition) is 3. The van der Waals surface area contributed by atoms with E-state index in [-0.39, 0.29) is 5.76 Å². The predicted octanol–water partition coefficient (Wildman–Crippen LogP) is 6.50. The standard InChI is InChI=1S/C25H30BN3O.C5H12/c1-4-26-16-23-19(7-5-9-21(23)18(3)30)15-25(26)28-17(2)20-8-6-10-24-22(20)11-13-29(24)14-12-27;1-4-5(2)3/h5-11,13,25,28,30H,2-4,12,14-16,27H2,1H3;5H,4H2,1-3H3. The molecule has 4 N–H and O–H groups in total. The highest BCUT2D eigenvalue weighted by molar-refractivity contribution is 6.60. The molecule has 0 radical (unpaired) electrons. The lowest BCUT2D eigenvalue weighted by Gasteiger charge is -2.33. The molecule has 0 fully saturated rings. The topological polar surface area (TPSA) is 63.2 Å². The molecule has 1 unspecified atom stereocenters. The lowest BCUT2D eigenvalue weighted by molar-refractivity contribution is 0.512. The van der Waals surface area contributed by atoms with E-state index >= 15 is 0 Å². The molecule has 0 amide bonds. The van der Waals surface area contributed by atoms with Crippen molar-refractivity contribution in [2.75, 3.05) is 6.54 Å². The molecule has 186 valence electrons. The van der Waals surface area contributed by atoms with E-state index in [1.165, 1.54) is 28.5 Å². The van der Waals surface area contributed by atoms with Gasteiger partial charge in [-0.15, -0.1) is 0 Å². The minimum atomic E-state index is 0.159. The van der Waals surface area contributed by atoms with Crippen LogP contribution in [0.2, 0.25) is 6.32 Å². The zero-order chi connectivity index (χ0) is 25.5. The molecule has 2 heterocycles. The largest absolute Gasteiger partial charge is 0.508 e. The Morgan fingerprint density at radius 1 is 1.14 bits per heavy atom. The summed E-state index contributed by atoms with van der Waals surface area (Å²) in [5.74, 6) is 1.35. The van der Waals surface area contributed by atoms with Crippen LogP contribution in [0, 0.1) is 5.92 Å². The summed E-state index contributed by atoms with van der Waals surface area (Å²) in [6.07, 6.45) is 6.32. The molecule has 1 aromatic heterocycles. The van der Waals surface area contributed by atoms with Gasteiger partial charge >= 0.3 is 0 Å². The fourth-order valence-corrected chi connectivity index (χ4v) is 4.87. The molecule has 4 nitrogen and oxygen atoms in total. The van der Waals surface area contributed by atoms with Crippen LogP contribution in [-0.2, 0) is 19.3 Å². The van der Waals surface area contributed by atoms with Crippen molar-refractivity contribution in [2.45, 2.75) is 65.7 Å². The summed E-state index contributed by atoms with van der Waals surface area (Å²) in [6.45, 7) is 18.9. The summed E-state index contributed by atoms with van der Waals surface area (Å²) in [6, 6.07) is 14.7. The maximum absolute atomic E-state index is 10.0. The SMILES string of the molecule is C=C(O)c1cccc2c1CB(CC)C(NC(=C)c1cccc3c1ccn3CCN)C2.CCC(C)C. The van der Waals surface area contributed by atoms with Crippen molar-refractivity contribution in [1.29, 1.82) is 0 Å². The first-order chi connectivity index (χ1) is 16.8. The highest BCUT2D eigenvalue weighted by Gasteiger charge is 2.32. The van der Waals surface area contributed by atoms with Gasteiger partial charge in [-0.1, -0.05) is 83.9 Å². The zero-order valence-corrected chi connectivity index (χ0v) is 22.0. The van der Waals surface area contributed by atoms with Crippen molar-refractivity contribution < 1.29 is 5.11 Å². The number of nitrogens with zero attached hydrogens (tertiary/aromatic N) is 1. The third-order valence-corrected chi connectivity index (χ3v) is 7.27. The zero-order valence-electron chi connectivity index (χ0n) is 22.0. The van der Waals surface area contributed by atoms with Gasteiger partial charge in [-0.2, -0.15) is 0 Å². The van der Waals surface area contributed by atoms with Crippen LogP contribution in [0.25, 0.3) is 22.4 Å². The second-order valence-electron chi connectivity index (χ2n) is 10.0. The quantitative estimate of drug-likeness (QED) is 0.260. The Kier molecular flexibility index (Phi) is 9.28. The number of aromatic nitrogens is 1. The van der Waals surface area contributed by atoms with Crippen molar-refractivity contribution in [1.82, 2.24) is 9.88 Å². The molecule has 1 aliphatic rings. The lowest BCUT2D eigenvalue weighted by Crippen LogP contribution is -2.48.